The molecule has 0 radical (unpaired) electrons. The molecule has 21 heavy (non-hydrogen) atoms. The number of rotatable bonds is 6. The first-order valence-electron chi connectivity index (χ1n) is 7.23. The summed E-state index contributed by atoms with van der Waals surface area (Å²) in [6.45, 7) is 4.40. The molecule has 0 amide bonds. The Balaban J connectivity index is 1.84. The van der Waals surface area contributed by atoms with E-state index in [4.69, 9.17) is 4.74 Å². The minimum absolute atomic E-state index is 0.224. The van der Waals surface area contributed by atoms with Crippen LogP contribution in [0.15, 0.2) is 17.4 Å². The van der Waals surface area contributed by atoms with E-state index in [0.29, 0.717) is 12.6 Å². The maximum absolute atomic E-state index is 11.3. The first kappa shape index (κ1) is 16.0. The van der Waals surface area contributed by atoms with Crippen molar-refractivity contribution in [2.24, 2.45) is 0 Å². The Morgan fingerprint density at radius 2 is 2.24 bits per heavy atom. The van der Waals surface area contributed by atoms with Crippen LogP contribution in [0.2, 0.25) is 0 Å². The van der Waals surface area contributed by atoms with Gasteiger partial charge in [-0.3, -0.25) is 9.78 Å². The summed E-state index contributed by atoms with van der Waals surface area (Å²) in [6.07, 6.45) is 5.62. The van der Waals surface area contributed by atoms with Gasteiger partial charge in [0.05, 0.1) is 24.8 Å². The highest BCUT2D eigenvalue weighted by molar-refractivity contribution is 7.99. The molecule has 1 aliphatic rings. The van der Waals surface area contributed by atoms with E-state index in [1.54, 1.807) is 19.3 Å². The molecule has 0 saturated carbocycles. The van der Waals surface area contributed by atoms with Gasteiger partial charge in [-0.15, -0.1) is 0 Å². The number of likely N-dealkylation sites (tertiary alicyclic amines) is 1. The number of nitrogens with zero attached hydrogens (tertiary/aromatic N) is 3. The van der Waals surface area contributed by atoms with Crippen LogP contribution in [0.4, 0.5) is 5.82 Å². The summed E-state index contributed by atoms with van der Waals surface area (Å²) >= 11 is 1.35. The number of thioether (sulfide) groups is 1. The van der Waals surface area contributed by atoms with E-state index in [1.807, 2.05) is 0 Å². The molecule has 0 spiro atoms. The first-order valence-corrected chi connectivity index (χ1v) is 8.21. The fraction of sp³-hybridized carbons (Fsp3) is 0.643. The Bertz CT molecular complexity index is 464. The predicted octanol–water partition coefficient (Wildman–Crippen LogP) is 1.64. The van der Waals surface area contributed by atoms with Gasteiger partial charge in [-0.05, 0) is 39.9 Å². The second-order valence-electron chi connectivity index (χ2n) is 5.06. The number of anilines is 1. The zero-order valence-electron chi connectivity index (χ0n) is 12.5. The number of aromatic nitrogens is 2. The van der Waals surface area contributed by atoms with Crippen molar-refractivity contribution >= 4 is 23.5 Å². The normalized spacial score (nSPS) is 16.7. The Morgan fingerprint density at radius 3 is 2.95 bits per heavy atom. The van der Waals surface area contributed by atoms with Gasteiger partial charge in [0.1, 0.15) is 10.8 Å². The van der Waals surface area contributed by atoms with E-state index >= 15 is 0 Å². The van der Waals surface area contributed by atoms with Gasteiger partial charge in [-0.2, -0.15) is 0 Å². The van der Waals surface area contributed by atoms with Gasteiger partial charge < -0.3 is 15.0 Å². The summed E-state index contributed by atoms with van der Waals surface area (Å²) < 4.78 is 4.90. The van der Waals surface area contributed by atoms with Gasteiger partial charge in [-0.1, -0.05) is 11.8 Å². The third kappa shape index (κ3) is 5.51. The smallest absolute Gasteiger partial charge is 0.316 e. The molecule has 2 heterocycles. The maximum Gasteiger partial charge on any atom is 0.316 e. The van der Waals surface area contributed by atoms with Crippen molar-refractivity contribution in [2.75, 3.05) is 37.8 Å². The lowest BCUT2D eigenvalue weighted by Gasteiger charge is -2.29. The van der Waals surface area contributed by atoms with E-state index in [2.05, 4.69) is 27.2 Å². The van der Waals surface area contributed by atoms with E-state index < -0.39 is 0 Å². The molecule has 6 nitrogen and oxygen atoms in total. The van der Waals surface area contributed by atoms with Gasteiger partial charge in [0.15, 0.2) is 0 Å². The first-order chi connectivity index (χ1) is 10.2. The number of carbonyl (C=O) groups excluding carboxylic acids is 1. The van der Waals surface area contributed by atoms with Gasteiger partial charge in [0.2, 0.25) is 0 Å². The number of esters is 1. The highest BCUT2D eigenvalue weighted by Crippen LogP contribution is 2.18. The molecule has 1 aromatic heterocycles. The van der Waals surface area contributed by atoms with Gasteiger partial charge in [0.25, 0.3) is 0 Å². The monoisotopic (exact) mass is 310 g/mol. The van der Waals surface area contributed by atoms with E-state index in [0.717, 1.165) is 36.8 Å². The molecule has 116 valence electrons. The molecule has 1 aliphatic heterocycles. The van der Waals surface area contributed by atoms with Crippen LogP contribution in [0.3, 0.4) is 0 Å². The second-order valence-corrected chi connectivity index (χ2v) is 6.05. The molecule has 1 fully saturated rings. The van der Waals surface area contributed by atoms with Gasteiger partial charge in [-0.25, -0.2) is 4.98 Å². The molecule has 1 saturated heterocycles. The van der Waals surface area contributed by atoms with Crippen LogP contribution in [-0.2, 0) is 9.53 Å². The summed E-state index contributed by atoms with van der Waals surface area (Å²) in [7, 11) is 2.14. The van der Waals surface area contributed by atoms with Crippen molar-refractivity contribution in [1.82, 2.24) is 14.9 Å². The van der Waals surface area contributed by atoms with Gasteiger partial charge >= 0.3 is 5.97 Å². The summed E-state index contributed by atoms with van der Waals surface area (Å²) in [6, 6.07) is 0.445. The fourth-order valence-corrected chi connectivity index (χ4v) is 2.83. The third-order valence-corrected chi connectivity index (χ3v) is 4.20. The molecule has 0 aliphatic carbocycles. The van der Waals surface area contributed by atoms with Crippen LogP contribution in [0.1, 0.15) is 19.8 Å². The van der Waals surface area contributed by atoms with Crippen LogP contribution < -0.4 is 5.32 Å². The molecular formula is C14H22N4O2S. The van der Waals surface area contributed by atoms with Crippen LogP contribution in [0.5, 0.6) is 0 Å². The Hall–Kier alpha value is -1.34. The molecule has 0 atom stereocenters. The second kappa shape index (κ2) is 8.19. The van der Waals surface area contributed by atoms with E-state index in [-0.39, 0.29) is 11.7 Å². The van der Waals surface area contributed by atoms with Crippen molar-refractivity contribution in [3.05, 3.63) is 12.4 Å². The lowest BCUT2D eigenvalue weighted by molar-refractivity contribution is -0.139. The lowest BCUT2D eigenvalue weighted by atomic mass is 10.1. The van der Waals surface area contributed by atoms with E-state index in [9.17, 15) is 4.79 Å². The Labute approximate surface area is 129 Å². The molecule has 0 unspecified atom stereocenters. The minimum Gasteiger partial charge on any atom is -0.465 e. The standard InChI is InChI=1S/C14H22N4O2S/c1-3-20-14(19)10-21-13-9-15-8-12(17-13)16-11-4-6-18(2)7-5-11/h8-9,11H,3-7,10H2,1-2H3,(H,16,17). The third-order valence-electron chi connectivity index (χ3n) is 3.33. The average Bonchev–Trinajstić information content (AvgIpc) is 2.48. The lowest BCUT2D eigenvalue weighted by Crippen LogP contribution is -2.36. The molecule has 0 aromatic carbocycles. The Morgan fingerprint density at radius 1 is 1.48 bits per heavy atom. The van der Waals surface area contributed by atoms with Crippen LogP contribution in [0, 0.1) is 0 Å². The molecular weight excluding hydrogens is 288 g/mol. The van der Waals surface area contributed by atoms with Crippen LogP contribution >= 0.6 is 11.8 Å². The maximum atomic E-state index is 11.3. The number of hydrogen-bond acceptors (Lipinski definition) is 7. The summed E-state index contributed by atoms with van der Waals surface area (Å²) in [5.74, 6) is 0.816. The zero-order valence-corrected chi connectivity index (χ0v) is 13.4. The minimum atomic E-state index is -0.224. The van der Waals surface area contributed by atoms with Crippen molar-refractivity contribution in [3.8, 4) is 0 Å². The number of carbonyl (C=O) groups is 1. The molecule has 7 heteroatoms. The van der Waals surface area contributed by atoms with Crippen molar-refractivity contribution in [1.29, 1.82) is 0 Å². The highest BCUT2D eigenvalue weighted by atomic mass is 32.2. The topological polar surface area (TPSA) is 67.3 Å². The SMILES string of the molecule is CCOC(=O)CSc1cncc(NC2CCN(C)CC2)n1. The molecule has 1 N–H and O–H groups in total. The average molecular weight is 310 g/mol. The van der Waals surface area contributed by atoms with Crippen molar-refractivity contribution in [3.63, 3.8) is 0 Å². The van der Waals surface area contributed by atoms with Crippen molar-refractivity contribution in [2.45, 2.75) is 30.8 Å². The quantitative estimate of drug-likeness (QED) is 0.633. The number of hydrogen-bond donors (Lipinski definition) is 1. The number of ether oxygens (including phenoxy) is 1. The summed E-state index contributed by atoms with van der Waals surface area (Å²) in [5, 5.41) is 4.16. The predicted molar refractivity (Wildman–Crippen MR) is 83.5 cm³/mol. The van der Waals surface area contributed by atoms with E-state index in [1.165, 1.54) is 11.8 Å². The zero-order chi connectivity index (χ0) is 15.1. The number of nitrogens with one attached hydrogen (secondary N) is 1. The summed E-state index contributed by atoms with van der Waals surface area (Å²) in [5.41, 5.74) is 0. The molecule has 0 bridgehead atoms. The van der Waals surface area contributed by atoms with Gasteiger partial charge in [0, 0.05) is 6.04 Å². The Kier molecular flexibility index (Phi) is 6.25. The van der Waals surface area contributed by atoms with Crippen LogP contribution in [0.25, 0.3) is 0 Å². The molecule has 1 aromatic rings. The largest absolute Gasteiger partial charge is 0.465 e. The van der Waals surface area contributed by atoms with Crippen molar-refractivity contribution < 1.29 is 9.53 Å². The number of piperidine rings is 1. The highest BCUT2D eigenvalue weighted by Gasteiger charge is 2.17. The summed E-state index contributed by atoms with van der Waals surface area (Å²) in [4.78, 5) is 22.3. The fourth-order valence-electron chi connectivity index (χ4n) is 2.18. The van der Waals surface area contributed by atoms with Crippen LogP contribution in [-0.4, -0.2) is 59.4 Å². The molecule has 2 rings (SSSR count).